The number of pyridine rings is 1. The van der Waals surface area contributed by atoms with E-state index in [-0.39, 0.29) is 23.8 Å². The topological polar surface area (TPSA) is 76.8 Å². The predicted octanol–water partition coefficient (Wildman–Crippen LogP) is 2.41. The van der Waals surface area contributed by atoms with Crippen LogP contribution in [0.25, 0.3) is 0 Å². The number of nitrogens with zero attached hydrogens (tertiary/aromatic N) is 2. The van der Waals surface area contributed by atoms with E-state index in [1.54, 1.807) is 6.07 Å². The van der Waals surface area contributed by atoms with Crippen LogP contribution in [0.1, 0.15) is 30.2 Å². The highest BCUT2D eigenvalue weighted by molar-refractivity contribution is 5.22. The van der Waals surface area contributed by atoms with E-state index in [0.29, 0.717) is 49.5 Å². The second kappa shape index (κ2) is 7.73. The van der Waals surface area contributed by atoms with Crippen molar-refractivity contribution >= 4 is 0 Å². The number of β-amino-alcohol motifs (C(OH)–C–C–N with tert-alkyl or cyclic N) is 1. The molecule has 2 heterocycles. The fourth-order valence-corrected chi connectivity index (χ4v) is 4.83. The maximum Gasteiger partial charge on any atom is 0.133 e. The molecule has 1 saturated heterocycles. The highest BCUT2D eigenvalue weighted by atomic mass is 19.1. The third kappa shape index (κ3) is 3.87. The number of aliphatic hydroxyl groups is 2. The second-order valence-electron chi connectivity index (χ2n) is 7.97. The number of benzene rings is 1. The minimum atomic E-state index is -0.843. The maximum absolute atomic E-state index is 14.2. The first-order valence-corrected chi connectivity index (χ1v) is 9.59. The van der Waals surface area contributed by atoms with Crippen molar-refractivity contribution in [2.24, 2.45) is 11.8 Å². The van der Waals surface area contributed by atoms with Crippen molar-refractivity contribution in [1.29, 1.82) is 0 Å². The van der Waals surface area contributed by atoms with E-state index >= 15 is 0 Å². The van der Waals surface area contributed by atoms with Crippen LogP contribution >= 0.6 is 0 Å². The molecule has 1 aliphatic carbocycles. The lowest BCUT2D eigenvalue weighted by Crippen LogP contribution is -2.38. The van der Waals surface area contributed by atoms with Gasteiger partial charge in [0.05, 0.1) is 18.0 Å². The van der Waals surface area contributed by atoms with Crippen molar-refractivity contribution < 1.29 is 24.1 Å². The van der Waals surface area contributed by atoms with Gasteiger partial charge in [-0.15, -0.1) is 0 Å². The lowest BCUT2D eigenvalue weighted by atomic mass is 9.89. The summed E-state index contributed by atoms with van der Waals surface area (Å²) in [6.07, 6.45) is 1.86. The van der Waals surface area contributed by atoms with Crippen molar-refractivity contribution in [3.63, 3.8) is 0 Å². The van der Waals surface area contributed by atoms with Gasteiger partial charge in [-0.2, -0.15) is 0 Å². The van der Waals surface area contributed by atoms with Gasteiger partial charge in [-0.1, -0.05) is 6.07 Å². The van der Waals surface area contributed by atoms with Gasteiger partial charge in [-0.25, -0.2) is 8.78 Å². The van der Waals surface area contributed by atoms with Crippen molar-refractivity contribution in [2.75, 3.05) is 13.1 Å². The first-order chi connectivity index (χ1) is 13.4. The molecule has 3 N–H and O–H groups in total. The van der Waals surface area contributed by atoms with Crippen LogP contribution in [0.3, 0.4) is 0 Å². The number of aliphatic hydroxyl groups excluding tert-OH is 2. The summed E-state index contributed by atoms with van der Waals surface area (Å²) in [7, 11) is 0. The van der Waals surface area contributed by atoms with Gasteiger partial charge in [0.25, 0.3) is 0 Å². The van der Waals surface area contributed by atoms with Crippen LogP contribution in [-0.2, 0) is 6.42 Å². The van der Waals surface area contributed by atoms with Crippen LogP contribution in [-0.4, -0.2) is 50.4 Å². The molecule has 2 fully saturated rings. The van der Waals surface area contributed by atoms with Crippen molar-refractivity contribution in [2.45, 2.75) is 37.5 Å². The summed E-state index contributed by atoms with van der Waals surface area (Å²) in [5.74, 6) is -0.636. The Kier molecular flexibility index (Phi) is 5.31. The zero-order chi connectivity index (χ0) is 19.8. The molecule has 4 rings (SSSR count). The molecular formula is C21H24F2N2O3. The Morgan fingerprint density at radius 3 is 2.71 bits per heavy atom. The number of rotatable bonds is 5. The van der Waals surface area contributed by atoms with Crippen molar-refractivity contribution in [1.82, 2.24) is 9.88 Å². The maximum atomic E-state index is 14.2. The van der Waals surface area contributed by atoms with Crippen LogP contribution in [0, 0.1) is 23.5 Å². The van der Waals surface area contributed by atoms with Gasteiger partial charge in [0.1, 0.15) is 23.5 Å². The van der Waals surface area contributed by atoms with E-state index < -0.39 is 17.7 Å². The monoisotopic (exact) mass is 390 g/mol. The smallest absolute Gasteiger partial charge is 0.133 e. The highest BCUT2D eigenvalue weighted by Gasteiger charge is 2.47. The number of aromatic hydroxyl groups is 1. The quantitative estimate of drug-likeness (QED) is 0.731. The van der Waals surface area contributed by atoms with E-state index in [9.17, 15) is 24.1 Å². The molecule has 0 radical (unpaired) electrons. The van der Waals surface area contributed by atoms with Gasteiger partial charge in [0.15, 0.2) is 0 Å². The minimum Gasteiger partial charge on any atom is -0.506 e. The van der Waals surface area contributed by atoms with Crippen LogP contribution in [0.15, 0.2) is 36.5 Å². The van der Waals surface area contributed by atoms with E-state index in [1.165, 1.54) is 24.4 Å². The average Bonchev–Trinajstić information content (AvgIpc) is 3.14. The molecule has 1 saturated carbocycles. The van der Waals surface area contributed by atoms with Crippen molar-refractivity contribution in [3.05, 3.63) is 59.4 Å². The first kappa shape index (κ1) is 19.2. The Morgan fingerprint density at radius 2 is 2.00 bits per heavy atom. The van der Waals surface area contributed by atoms with Gasteiger partial charge in [0.2, 0.25) is 0 Å². The molecule has 7 heteroatoms. The third-order valence-corrected chi connectivity index (χ3v) is 6.12. The number of halogens is 2. The third-order valence-electron chi connectivity index (χ3n) is 6.12. The van der Waals surface area contributed by atoms with Gasteiger partial charge in [-0.3, -0.25) is 9.88 Å². The zero-order valence-corrected chi connectivity index (χ0v) is 15.4. The Bertz CT molecular complexity index is 833. The Morgan fingerprint density at radius 1 is 1.18 bits per heavy atom. The van der Waals surface area contributed by atoms with Crippen LogP contribution in [0.4, 0.5) is 8.78 Å². The fourth-order valence-electron chi connectivity index (χ4n) is 4.83. The summed E-state index contributed by atoms with van der Waals surface area (Å²) < 4.78 is 27.5. The zero-order valence-electron chi connectivity index (χ0n) is 15.4. The predicted molar refractivity (Wildman–Crippen MR) is 98.5 cm³/mol. The summed E-state index contributed by atoms with van der Waals surface area (Å²) in [5.41, 5.74) is 0.900. The minimum absolute atomic E-state index is 0.0327. The van der Waals surface area contributed by atoms with E-state index in [2.05, 4.69) is 9.88 Å². The standard InChI is InChI=1S/C21H24F2N2O3/c22-14-2-1-12(18(23)7-14)6-20-17-8-16(27)5-13(17)10-25(20)11-21(28)19-4-3-15(26)9-24-19/h1-4,7,9,13,16-17,20-21,26-28H,5-6,8,10-11H2. The molecule has 2 aromatic rings. The van der Waals surface area contributed by atoms with E-state index in [0.717, 1.165) is 6.07 Å². The molecule has 0 spiro atoms. The highest BCUT2D eigenvalue weighted by Crippen LogP contribution is 2.44. The molecule has 150 valence electrons. The first-order valence-electron chi connectivity index (χ1n) is 9.59. The number of fused-ring (bicyclic) bond motifs is 1. The van der Waals surface area contributed by atoms with Crippen LogP contribution < -0.4 is 0 Å². The summed E-state index contributed by atoms with van der Waals surface area (Å²) in [5, 5.41) is 30.0. The SMILES string of the molecule is Oc1ccc(C(O)CN2CC3CC(O)CC3C2Cc2ccc(F)cc2F)nc1. The Labute approximate surface area is 162 Å². The van der Waals surface area contributed by atoms with Crippen LogP contribution in [0.2, 0.25) is 0 Å². The van der Waals surface area contributed by atoms with Gasteiger partial charge in [0, 0.05) is 25.2 Å². The number of hydrogen-bond acceptors (Lipinski definition) is 5. The molecule has 28 heavy (non-hydrogen) atoms. The van der Waals surface area contributed by atoms with Gasteiger partial charge in [-0.05, 0) is 54.9 Å². The Hall–Kier alpha value is -2.09. The summed E-state index contributed by atoms with van der Waals surface area (Å²) in [4.78, 5) is 6.20. The largest absolute Gasteiger partial charge is 0.506 e. The molecular weight excluding hydrogens is 366 g/mol. The summed E-state index contributed by atoms with van der Waals surface area (Å²) >= 11 is 0. The molecule has 0 bridgehead atoms. The van der Waals surface area contributed by atoms with Crippen molar-refractivity contribution in [3.8, 4) is 5.75 Å². The molecule has 1 aliphatic heterocycles. The second-order valence-corrected chi connectivity index (χ2v) is 7.97. The average molecular weight is 390 g/mol. The molecule has 1 aromatic heterocycles. The summed E-state index contributed by atoms with van der Waals surface area (Å²) in [6.45, 7) is 1.04. The normalized spacial score (nSPS) is 28.4. The van der Waals surface area contributed by atoms with Gasteiger partial charge < -0.3 is 15.3 Å². The van der Waals surface area contributed by atoms with Gasteiger partial charge >= 0.3 is 0 Å². The Balaban J connectivity index is 1.53. The molecule has 5 atom stereocenters. The molecule has 0 amide bonds. The number of likely N-dealkylation sites (tertiary alicyclic amines) is 1. The fraction of sp³-hybridized carbons (Fsp3) is 0.476. The lowest BCUT2D eigenvalue weighted by molar-refractivity contribution is 0.0853. The molecule has 5 nitrogen and oxygen atoms in total. The van der Waals surface area contributed by atoms with Crippen LogP contribution in [0.5, 0.6) is 5.75 Å². The molecule has 1 aromatic carbocycles. The molecule has 2 aliphatic rings. The number of aromatic nitrogens is 1. The summed E-state index contributed by atoms with van der Waals surface area (Å²) in [6, 6.07) is 6.63. The molecule has 5 unspecified atom stereocenters. The van der Waals surface area contributed by atoms with E-state index in [1.807, 2.05) is 0 Å². The lowest BCUT2D eigenvalue weighted by Gasteiger charge is -2.30. The number of hydrogen-bond donors (Lipinski definition) is 3. The van der Waals surface area contributed by atoms with E-state index in [4.69, 9.17) is 0 Å².